The van der Waals surface area contributed by atoms with Crippen molar-refractivity contribution in [1.29, 1.82) is 0 Å². The van der Waals surface area contributed by atoms with Crippen LogP contribution in [0.3, 0.4) is 0 Å². The summed E-state index contributed by atoms with van der Waals surface area (Å²) in [7, 11) is 0. The second-order valence-corrected chi connectivity index (χ2v) is 5.04. The maximum absolute atomic E-state index is 5.61. The number of para-hydroxylation sites is 2. The van der Waals surface area contributed by atoms with Gasteiger partial charge in [0.2, 0.25) is 0 Å². The average molecular weight is 353 g/mol. The number of halogens is 1. The van der Waals surface area contributed by atoms with Gasteiger partial charge >= 0.3 is 0 Å². The lowest BCUT2D eigenvalue weighted by atomic mass is 10.2. The average Bonchev–Trinajstić information content (AvgIpc) is 2.40. The van der Waals surface area contributed by atoms with Crippen molar-refractivity contribution in [1.82, 2.24) is 0 Å². The molecule has 0 radical (unpaired) electrons. The highest BCUT2D eigenvalue weighted by Crippen LogP contribution is 2.22. The van der Waals surface area contributed by atoms with Crippen LogP contribution in [0.25, 0.3) is 0 Å². The summed E-state index contributed by atoms with van der Waals surface area (Å²) >= 11 is 2.33. The first-order chi connectivity index (χ1) is 8.81. The van der Waals surface area contributed by atoms with E-state index < -0.39 is 0 Å². The van der Waals surface area contributed by atoms with Gasteiger partial charge in [0.25, 0.3) is 0 Å². The summed E-state index contributed by atoms with van der Waals surface area (Å²) in [6.45, 7) is 3.47. The zero-order chi connectivity index (χ0) is 12.8. The SMILES string of the molecule is CCOc1ccccc1CNc1ccccc1I. The summed E-state index contributed by atoms with van der Waals surface area (Å²) in [5.74, 6) is 0.957. The fourth-order valence-corrected chi connectivity index (χ4v) is 2.32. The minimum Gasteiger partial charge on any atom is -0.494 e. The van der Waals surface area contributed by atoms with Gasteiger partial charge in [-0.25, -0.2) is 0 Å². The van der Waals surface area contributed by atoms with E-state index in [9.17, 15) is 0 Å². The summed E-state index contributed by atoms with van der Waals surface area (Å²) in [6.07, 6.45) is 0. The lowest BCUT2D eigenvalue weighted by molar-refractivity contribution is 0.337. The van der Waals surface area contributed by atoms with Crippen LogP contribution in [0.15, 0.2) is 48.5 Å². The van der Waals surface area contributed by atoms with Crippen LogP contribution in [0.2, 0.25) is 0 Å². The number of benzene rings is 2. The van der Waals surface area contributed by atoms with Gasteiger partial charge in [0, 0.05) is 21.4 Å². The van der Waals surface area contributed by atoms with Gasteiger partial charge < -0.3 is 10.1 Å². The number of ether oxygens (including phenoxy) is 1. The van der Waals surface area contributed by atoms with Crippen molar-refractivity contribution in [2.45, 2.75) is 13.5 Å². The number of nitrogens with one attached hydrogen (secondary N) is 1. The highest BCUT2D eigenvalue weighted by Gasteiger charge is 2.03. The molecular formula is C15H16INO. The summed E-state index contributed by atoms with van der Waals surface area (Å²) in [4.78, 5) is 0. The van der Waals surface area contributed by atoms with Crippen molar-refractivity contribution >= 4 is 28.3 Å². The molecule has 0 saturated carbocycles. The Hall–Kier alpha value is -1.23. The Bertz CT molecular complexity index is 513. The Kier molecular flexibility index (Phi) is 4.87. The third-order valence-electron chi connectivity index (χ3n) is 2.62. The zero-order valence-electron chi connectivity index (χ0n) is 10.3. The van der Waals surface area contributed by atoms with Gasteiger partial charge in [-0.15, -0.1) is 0 Å². The van der Waals surface area contributed by atoms with E-state index in [2.05, 4.69) is 46.1 Å². The zero-order valence-corrected chi connectivity index (χ0v) is 12.5. The summed E-state index contributed by atoms with van der Waals surface area (Å²) in [5, 5.41) is 3.44. The molecule has 3 heteroatoms. The third-order valence-corrected chi connectivity index (χ3v) is 3.56. The van der Waals surface area contributed by atoms with E-state index in [1.165, 1.54) is 9.13 Å². The molecule has 2 nitrogen and oxygen atoms in total. The predicted molar refractivity (Wildman–Crippen MR) is 84.1 cm³/mol. The van der Waals surface area contributed by atoms with Gasteiger partial charge in [-0.2, -0.15) is 0 Å². The fourth-order valence-electron chi connectivity index (χ4n) is 1.74. The molecule has 1 N–H and O–H groups in total. The molecule has 94 valence electrons. The van der Waals surface area contributed by atoms with Gasteiger partial charge in [-0.05, 0) is 47.7 Å². The lowest BCUT2D eigenvalue weighted by Crippen LogP contribution is -2.03. The van der Waals surface area contributed by atoms with Crippen molar-refractivity contribution in [3.63, 3.8) is 0 Å². The number of hydrogen-bond acceptors (Lipinski definition) is 2. The Morgan fingerprint density at radius 3 is 2.56 bits per heavy atom. The van der Waals surface area contributed by atoms with E-state index in [-0.39, 0.29) is 0 Å². The van der Waals surface area contributed by atoms with Crippen LogP contribution < -0.4 is 10.1 Å². The van der Waals surface area contributed by atoms with Crippen LogP contribution in [0, 0.1) is 3.57 Å². The standard InChI is InChI=1S/C15H16INO/c1-2-18-15-10-6-3-7-12(15)11-17-14-9-5-4-8-13(14)16/h3-10,17H,2,11H2,1H3. The van der Waals surface area contributed by atoms with Gasteiger partial charge in [-0.1, -0.05) is 30.3 Å². The second kappa shape index (κ2) is 6.64. The number of hydrogen-bond donors (Lipinski definition) is 1. The van der Waals surface area contributed by atoms with Crippen molar-refractivity contribution < 1.29 is 4.74 Å². The first-order valence-corrected chi connectivity index (χ1v) is 7.08. The highest BCUT2D eigenvalue weighted by molar-refractivity contribution is 14.1. The molecular weight excluding hydrogens is 337 g/mol. The minimum absolute atomic E-state index is 0.694. The van der Waals surface area contributed by atoms with Gasteiger partial charge in [0.05, 0.1) is 6.61 Å². The maximum Gasteiger partial charge on any atom is 0.124 e. The molecule has 0 spiro atoms. The molecule has 0 bridgehead atoms. The summed E-state index contributed by atoms with van der Waals surface area (Å²) in [6, 6.07) is 16.4. The Morgan fingerprint density at radius 2 is 1.78 bits per heavy atom. The molecule has 2 aromatic rings. The van der Waals surface area contributed by atoms with Crippen molar-refractivity contribution in [3.05, 3.63) is 57.7 Å². The van der Waals surface area contributed by atoms with Crippen molar-refractivity contribution in [3.8, 4) is 5.75 Å². The molecule has 0 atom stereocenters. The first-order valence-electron chi connectivity index (χ1n) is 6.00. The highest BCUT2D eigenvalue weighted by atomic mass is 127. The summed E-state index contributed by atoms with van der Waals surface area (Å²) < 4.78 is 6.84. The molecule has 0 saturated heterocycles. The predicted octanol–water partition coefficient (Wildman–Crippen LogP) is 4.30. The van der Waals surface area contributed by atoms with Crippen LogP contribution in [0.4, 0.5) is 5.69 Å². The Morgan fingerprint density at radius 1 is 1.06 bits per heavy atom. The first kappa shape index (κ1) is 13.2. The lowest BCUT2D eigenvalue weighted by Gasteiger charge is -2.12. The summed E-state index contributed by atoms with van der Waals surface area (Å²) in [5.41, 5.74) is 2.34. The molecule has 0 amide bonds. The molecule has 0 heterocycles. The normalized spacial score (nSPS) is 10.1. The van der Waals surface area contributed by atoms with Crippen LogP contribution in [0.1, 0.15) is 12.5 Å². The molecule has 0 aliphatic carbocycles. The van der Waals surface area contributed by atoms with E-state index in [1.54, 1.807) is 0 Å². The molecule has 2 rings (SSSR count). The van der Waals surface area contributed by atoms with E-state index >= 15 is 0 Å². The van der Waals surface area contributed by atoms with Crippen LogP contribution >= 0.6 is 22.6 Å². The van der Waals surface area contributed by atoms with E-state index in [0.717, 1.165) is 18.0 Å². The third kappa shape index (κ3) is 3.38. The topological polar surface area (TPSA) is 21.3 Å². The molecule has 0 fully saturated rings. The number of rotatable bonds is 5. The van der Waals surface area contributed by atoms with Crippen LogP contribution in [-0.2, 0) is 6.54 Å². The molecule has 0 unspecified atom stereocenters. The number of anilines is 1. The smallest absolute Gasteiger partial charge is 0.124 e. The quantitative estimate of drug-likeness (QED) is 0.810. The second-order valence-electron chi connectivity index (χ2n) is 3.87. The van der Waals surface area contributed by atoms with Gasteiger partial charge in [-0.3, -0.25) is 0 Å². The molecule has 2 aromatic carbocycles. The van der Waals surface area contributed by atoms with Gasteiger partial charge in [0.15, 0.2) is 0 Å². The monoisotopic (exact) mass is 353 g/mol. The molecule has 0 aromatic heterocycles. The van der Waals surface area contributed by atoms with E-state index in [0.29, 0.717) is 6.61 Å². The van der Waals surface area contributed by atoms with Crippen LogP contribution in [-0.4, -0.2) is 6.61 Å². The fraction of sp³-hybridized carbons (Fsp3) is 0.200. The van der Waals surface area contributed by atoms with Crippen molar-refractivity contribution in [2.24, 2.45) is 0 Å². The van der Waals surface area contributed by atoms with Crippen LogP contribution in [0.5, 0.6) is 5.75 Å². The van der Waals surface area contributed by atoms with Gasteiger partial charge in [0.1, 0.15) is 5.75 Å². The molecule has 18 heavy (non-hydrogen) atoms. The molecule has 0 aliphatic rings. The van der Waals surface area contributed by atoms with E-state index in [1.807, 2.05) is 37.3 Å². The maximum atomic E-state index is 5.61. The molecule has 0 aliphatic heterocycles. The Labute approximate surface area is 122 Å². The Balaban J connectivity index is 2.08. The van der Waals surface area contributed by atoms with E-state index in [4.69, 9.17) is 4.74 Å². The largest absolute Gasteiger partial charge is 0.494 e. The van der Waals surface area contributed by atoms with Crippen molar-refractivity contribution in [2.75, 3.05) is 11.9 Å². The minimum atomic E-state index is 0.694.